The summed E-state index contributed by atoms with van der Waals surface area (Å²) in [5, 5.41) is 19.3. The number of rotatable bonds is 5. The van der Waals surface area contributed by atoms with Gasteiger partial charge in [-0.25, -0.2) is 18.1 Å². The van der Waals surface area contributed by atoms with Gasteiger partial charge >= 0.3 is 0 Å². The molecule has 1 aromatic carbocycles. The molecule has 2 N–H and O–H groups in total. The number of benzene rings is 1. The minimum Gasteiger partial charge on any atom is -0.386 e. The van der Waals surface area contributed by atoms with Crippen molar-refractivity contribution in [3.63, 3.8) is 0 Å². The summed E-state index contributed by atoms with van der Waals surface area (Å²) >= 11 is 0. The van der Waals surface area contributed by atoms with Crippen LogP contribution in [0.4, 0.5) is 5.95 Å². The van der Waals surface area contributed by atoms with Crippen LogP contribution < -0.4 is 5.32 Å². The molecule has 10 heteroatoms. The SMILES string of the molecule is CC(C)(O)c1cccc2c1cnn2-c1ccnc(N[C@H]2CC[C@H](N3CCCS3(=O)=O)CC2)n1. The molecule has 33 heavy (non-hydrogen) atoms. The Balaban J connectivity index is 1.31. The van der Waals surface area contributed by atoms with E-state index in [4.69, 9.17) is 0 Å². The number of anilines is 1. The fraction of sp³-hybridized carbons (Fsp3) is 0.522. The molecule has 1 aliphatic carbocycles. The summed E-state index contributed by atoms with van der Waals surface area (Å²) in [6.07, 6.45) is 7.65. The van der Waals surface area contributed by atoms with Gasteiger partial charge in [-0.2, -0.15) is 14.4 Å². The monoisotopic (exact) mass is 470 g/mol. The van der Waals surface area contributed by atoms with Gasteiger partial charge in [-0.15, -0.1) is 0 Å². The first kappa shape index (κ1) is 22.2. The molecule has 176 valence electrons. The van der Waals surface area contributed by atoms with Crippen molar-refractivity contribution in [3.05, 3.63) is 42.2 Å². The van der Waals surface area contributed by atoms with Crippen LogP contribution in [-0.4, -0.2) is 62.0 Å². The zero-order chi connectivity index (χ0) is 23.2. The molecule has 2 aliphatic rings. The zero-order valence-electron chi connectivity index (χ0n) is 19.0. The first-order valence-corrected chi connectivity index (χ1v) is 13.1. The average molecular weight is 471 g/mol. The highest BCUT2D eigenvalue weighted by atomic mass is 32.2. The van der Waals surface area contributed by atoms with Crippen molar-refractivity contribution < 1.29 is 13.5 Å². The molecule has 0 bridgehead atoms. The van der Waals surface area contributed by atoms with Crippen LogP contribution in [0.5, 0.6) is 0 Å². The molecule has 0 atom stereocenters. The van der Waals surface area contributed by atoms with Gasteiger partial charge in [0, 0.05) is 36.3 Å². The van der Waals surface area contributed by atoms with Crippen LogP contribution in [0.2, 0.25) is 0 Å². The lowest BCUT2D eigenvalue weighted by Gasteiger charge is -2.33. The maximum Gasteiger partial charge on any atom is 0.224 e. The Morgan fingerprint density at radius 3 is 2.64 bits per heavy atom. The van der Waals surface area contributed by atoms with Crippen LogP contribution in [0.15, 0.2) is 36.7 Å². The largest absolute Gasteiger partial charge is 0.386 e. The molecule has 0 unspecified atom stereocenters. The fourth-order valence-corrected chi connectivity index (χ4v) is 6.86. The normalized spacial score (nSPS) is 23.7. The second-order valence-corrected chi connectivity index (χ2v) is 11.6. The Morgan fingerprint density at radius 1 is 1.15 bits per heavy atom. The summed E-state index contributed by atoms with van der Waals surface area (Å²) in [5.41, 5.74) is 0.709. The van der Waals surface area contributed by atoms with E-state index in [1.54, 1.807) is 35.2 Å². The van der Waals surface area contributed by atoms with Crippen molar-refractivity contribution in [1.82, 2.24) is 24.1 Å². The van der Waals surface area contributed by atoms with E-state index >= 15 is 0 Å². The third kappa shape index (κ3) is 4.34. The van der Waals surface area contributed by atoms with E-state index in [9.17, 15) is 13.5 Å². The first-order chi connectivity index (χ1) is 15.7. The van der Waals surface area contributed by atoms with Crippen LogP contribution in [0.3, 0.4) is 0 Å². The van der Waals surface area contributed by atoms with E-state index in [-0.39, 0.29) is 17.8 Å². The summed E-state index contributed by atoms with van der Waals surface area (Å²) in [6.45, 7) is 4.18. The third-order valence-corrected chi connectivity index (χ3v) is 8.71. The predicted molar refractivity (Wildman–Crippen MR) is 127 cm³/mol. The maximum atomic E-state index is 12.2. The maximum absolute atomic E-state index is 12.2. The highest BCUT2D eigenvalue weighted by Gasteiger charge is 2.36. The smallest absolute Gasteiger partial charge is 0.224 e. The summed E-state index contributed by atoms with van der Waals surface area (Å²) in [5.74, 6) is 1.46. The molecule has 1 aliphatic heterocycles. The number of hydrogen-bond acceptors (Lipinski definition) is 7. The molecule has 0 radical (unpaired) electrons. The lowest BCUT2D eigenvalue weighted by Crippen LogP contribution is -2.41. The van der Waals surface area contributed by atoms with E-state index in [1.807, 2.05) is 24.3 Å². The van der Waals surface area contributed by atoms with E-state index in [0.717, 1.165) is 48.6 Å². The molecule has 1 saturated heterocycles. The van der Waals surface area contributed by atoms with Gasteiger partial charge in [0.15, 0.2) is 5.82 Å². The number of aromatic nitrogens is 4. The summed E-state index contributed by atoms with van der Waals surface area (Å²) in [4.78, 5) is 9.07. The minimum atomic E-state index is -3.06. The highest BCUT2D eigenvalue weighted by molar-refractivity contribution is 7.89. The first-order valence-electron chi connectivity index (χ1n) is 11.5. The Morgan fingerprint density at radius 2 is 1.94 bits per heavy atom. The van der Waals surface area contributed by atoms with Crippen LogP contribution in [-0.2, 0) is 15.6 Å². The van der Waals surface area contributed by atoms with Crippen molar-refractivity contribution in [1.29, 1.82) is 0 Å². The molecule has 1 saturated carbocycles. The minimum absolute atomic E-state index is 0.114. The van der Waals surface area contributed by atoms with E-state index in [1.165, 1.54) is 0 Å². The van der Waals surface area contributed by atoms with Gasteiger partial charge < -0.3 is 10.4 Å². The second-order valence-electron chi connectivity index (χ2n) is 9.52. The molecule has 0 amide bonds. The van der Waals surface area contributed by atoms with Gasteiger partial charge in [-0.1, -0.05) is 12.1 Å². The predicted octanol–water partition coefficient (Wildman–Crippen LogP) is 2.80. The summed E-state index contributed by atoms with van der Waals surface area (Å²) in [7, 11) is -3.06. The van der Waals surface area contributed by atoms with E-state index in [2.05, 4.69) is 20.4 Å². The fourth-order valence-electron chi connectivity index (χ4n) is 5.06. The van der Waals surface area contributed by atoms with Crippen molar-refractivity contribution in [2.24, 2.45) is 0 Å². The van der Waals surface area contributed by atoms with Crippen molar-refractivity contribution in [2.45, 2.75) is 63.6 Å². The number of aliphatic hydroxyl groups is 1. The Hall–Kier alpha value is -2.56. The van der Waals surface area contributed by atoms with Crippen LogP contribution in [0, 0.1) is 0 Å². The quantitative estimate of drug-likeness (QED) is 0.589. The van der Waals surface area contributed by atoms with Gasteiger partial charge in [0.05, 0.1) is 23.1 Å². The number of hydrogen-bond donors (Lipinski definition) is 2. The van der Waals surface area contributed by atoms with Gasteiger partial charge in [-0.05, 0) is 57.6 Å². The zero-order valence-corrected chi connectivity index (χ0v) is 19.8. The van der Waals surface area contributed by atoms with Crippen molar-refractivity contribution in [3.8, 4) is 5.82 Å². The molecule has 0 spiro atoms. The second kappa shape index (κ2) is 8.34. The Labute approximate surface area is 193 Å². The highest BCUT2D eigenvalue weighted by Crippen LogP contribution is 2.31. The number of fused-ring (bicyclic) bond motifs is 1. The van der Waals surface area contributed by atoms with Crippen molar-refractivity contribution in [2.75, 3.05) is 17.6 Å². The van der Waals surface area contributed by atoms with E-state index in [0.29, 0.717) is 18.3 Å². The molecule has 2 aromatic heterocycles. The molecule has 3 heterocycles. The van der Waals surface area contributed by atoms with Gasteiger partial charge in [0.2, 0.25) is 16.0 Å². The third-order valence-electron chi connectivity index (χ3n) is 6.71. The molecule has 3 aromatic rings. The number of sulfonamides is 1. The van der Waals surface area contributed by atoms with Crippen LogP contribution >= 0.6 is 0 Å². The summed E-state index contributed by atoms with van der Waals surface area (Å²) < 4.78 is 27.9. The Bertz CT molecular complexity index is 1260. The van der Waals surface area contributed by atoms with Crippen molar-refractivity contribution >= 4 is 26.9 Å². The molecular weight excluding hydrogens is 440 g/mol. The Kier molecular flexibility index (Phi) is 5.62. The molecule has 5 rings (SSSR count). The molecule has 2 fully saturated rings. The van der Waals surface area contributed by atoms with Gasteiger partial charge in [0.25, 0.3) is 0 Å². The van der Waals surface area contributed by atoms with Gasteiger partial charge in [0.1, 0.15) is 0 Å². The van der Waals surface area contributed by atoms with E-state index < -0.39 is 15.6 Å². The number of nitrogens with zero attached hydrogens (tertiary/aromatic N) is 5. The number of nitrogens with one attached hydrogen (secondary N) is 1. The van der Waals surface area contributed by atoms with Gasteiger partial charge in [-0.3, -0.25) is 0 Å². The summed E-state index contributed by atoms with van der Waals surface area (Å²) in [6, 6.07) is 7.91. The van der Waals surface area contributed by atoms with Crippen LogP contribution in [0.25, 0.3) is 16.7 Å². The lowest BCUT2D eigenvalue weighted by atomic mass is 9.91. The standard InChI is InChI=1S/C23H30N6O3S/c1-23(2,30)19-5-3-6-20-18(19)15-25-29(20)21-11-12-24-22(27-21)26-16-7-9-17(10-8-16)28-13-4-14-33(28,31)32/h3,5-6,11-12,15-17,30H,4,7-10,13-14H2,1-2H3,(H,24,26,27)/t16-,17-. The molecular formula is C23H30N6O3S. The average Bonchev–Trinajstić information content (AvgIpc) is 3.36. The lowest BCUT2D eigenvalue weighted by molar-refractivity contribution is 0.0802. The topological polar surface area (TPSA) is 113 Å². The molecule has 9 nitrogen and oxygen atoms in total. The van der Waals surface area contributed by atoms with Crippen LogP contribution in [0.1, 0.15) is 51.5 Å².